The van der Waals surface area contributed by atoms with Gasteiger partial charge in [-0.2, -0.15) is 4.98 Å². The van der Waals surface area contributed by atoms with Crippen molar-refractivity contribution in [2.75, 3.05) is 30.3 Å². The van der Waals surface area contributed by atoms with Crippen molar-refractivity contribution in [3.8, 4) is 0 Å². The van der Waals surface area contributed by atoms with Gasteiger partial charge in [-0.3, -0.25) is 4.79 Å². The van der Waals surface area contributed by atoms with Gasteiger partial charge in [-0.05, 0) is 19.8 Å². The first-order valence-electron chi connectivity index (χ1n) is 6.31. The third-order valence-corrected chi connectivity index (χ3v) is 3.26. The SMILES string of the molecule is CCOC(=O)C1CCCN(c2cc(Cl)nc(N)n2)C1. The fourth-order valence-corrected chi connectivity index (χ4v) is 2.41. The van der Waals surface area contributed by atoms with Gasteiger partial charge in [0.2, 0.25) is 5.95 Å². The van der Waals surface area contributed by atoms with Crippen molar-refractivity contribution in [3.63, 3.8) is 0 Å². The van der Waals surface area contributed by atoms with Crippen LogP contribution in [0.15, 0.2) is 6.07 Å². The third-order valence-electron chi connectivity index (χ3n) is 3.06. The number of carbonyl (C=O) groups is 1. The van der Waals surface area contributed by atoms with Crippen molar-refractivity contribution in [1.29, 1.82) is 0 Å². The molecule has 1 atom stereocenters. The summed E-state index contributed by atoms with van der Waals surface area (Å²) in [4.78, 5) is 21.8. The molecule has 19 heavy (non-hydrogen) atoms. The first-order valence-corrected chi connectivity index (χ1v) is 6.69. The van der Waals surface area contributed by atoms with E-state index in [1.165, 1.54) is 0 Å². The van der Waals surface area contributed by atoms with Gasteiger partial charge in [0, 0.05) is 19.2 Å². The van der Waals surface area contributed by atoms with Gasteiger partial charge in [0.05, 0.1) is 12.5 Å². The first-order chi connectivity index (χ1) is 9.10. The normalized spacial score (nSPS) is 19.3. The number of anilines is 2. The van der Waals surface area contributed by atoms with E-state index in [1.54, 1.807) is 6.07 Å². The van der Waals surface area contributed by atoms with Crippen molar-refractivity contribution in [3.05, 3.63) is 11.2 Å². The van der Waals surface area contributed by atoms with Crippen molar-refractivity contribution >= 4 is 29.3 Å². The average molecular weight is 285 g/mol. The van der Waals surface area contributed by atoms with Crippen LogP contribution in [0.3, 0.4) is 0 Å². The van der Waals surface area contributed by atoms with Crippen LogP contribution in [0.5, 0.6) is 0 Å². The highest BCUT2D eigenvalue weighted by molar-refractivity contribution is 6.29. The average Bonchev–Trinajstić information content (AvgIpc) is 2.38. The van der Waals surface area contributed by atoms with Crippen molar-refractivity contribution < 1.29 is 9.53 Å². The van der Waals surface area contributed by atoms with E-state index < -0.39 is 0 Å². The van der Waals surface area contributed by atoms with Gasteiger partial charge in [-0.15, -0.1) is 0 Å². The number of piperidine rings is 1. The molecule has 2 N–H and O–H groups in total. The summed E-state index contributed by atoms with van der Waals surface area (Å²) in [5.74, 6) is 0.524. The molecular formula is C12H17ClN4O2. The molecule has 0 aromatic carbocycles. The number of esters is 1. The maximum absolute atomic E-state index is 11.8. The highest BCUT2D eigenvalue weighted by Crippen LogP contribution is 2.24. The number of nitrogens with zero attached hydrogens (tertiary/aromatic N) is 3. The summed E-state index contributed by atoms with van der Waals surface area (Å²) in [6.07, 6.45) is 1.74. The molecule has 1 aromatic heterocycles. The van der Waals surface area contributed by atoms with Crippen LogP contribution in [0, 0.1) is 5.92 Å². The van der Waals surface area contributed by atoms with E-state index in [9.17, 15) is 4.79 Å². The molecule has 0 aliphatic carbocycles. The second-order valence-electron chi connectivity index (χ2n) is 4.44. The van der Waals surface area contributed by atoms with Gasteiger partial charge in [0.25, 0.3) is 0 Å². The summed E-state index contributed by atoms with van der Waals surface area (Å²) in [5, 5.41) is 0.306. The number of carbonyl (C=O) groups excluding carboxylic acids is 1. The van der Waals surface area contributed by atoms with Gasteiger partial charge in [-0.1, -0.05) is 11.6 Å². The Morgan fingerprint density at radius 3 is 3.11 bits per heavy atom. The number of rotatable bonds is 3. The van der Waals surface area contributed by atoms with E-state index >= 15 is 0 Å². The monoisotopic (exact) mass is 284 g/mol. The Balaban J connectivity index is 2.10. The maximum Gasteiger partial charge on any atom is 0.310 e. The van der Waals surface area contributed by atoms with E-state index in [4.69, 9.17) is 22.1 Å². The van der Waals surface area contributed by atoms with Crippen molar-refractivity contribution in [1.82, 2.24) is 9.97 Å². The maximum atomic E-state index is 11.8. The number of hydrogen-bond donors (Lipinski definition) is 1. The Hall–Kier alpha value is -1.56. The second kappa shape index (κ2) is 6.06. The highest BCUT2D eigenvalue weighted by Gasteiger charge is 2.27. The van der Waals surface area contributed by atoms with E-state index in [-0.39, 0.29) is 17.8 Å². The van der Waals surface area contributed by atoms with Crippen LogP contribution in [0.4, 0.5) is 11.8 Å². The minimum atomic E-state index is -0.152. The molecule has 0 bridgehead atoms. The molecule has 1 fully saturated rings. The van der Waals surface area contributed by atoms with E-state index in [0.717, 1.165) is 19.4 Å². The topological polar surface area (TPSA) is 81.3 Å². The van der Waals surface area contributed by atoms with Gasteiger partial charge < -0.3 is 15.4 Å². The molecule has 7 heteroatoms. The summed E-state index contributed by atoms with van der Waals surface area (Å²) in [6, 6.07) is 1.66. The van der Waals surface area contributed by atoms with Crippen molar-refractivity contribution in [2.45, 2.75) is 19.8 Å². The summed E-state index contributed by atoms with van der Waals surface area (Å²) < 4.78 is 5.06. The van der Waals surface area contributed by atoms with Crippen LogP contribution >= 0.6 is 11.6 Å². The predicted molar refractivity (Wildman–Crippen MR) is 73.0 cm³/mol. The standard InChI is InChI=1S/C12H17ClN4O2/c1-2-19-11(18)8-4-3-5-17(7-8)10-6-9(13)15-12(14)16-10/h6,8H,2-5,7H2,1H3,(H2,14,15,16). The smallest absolute Gasteiger partial charge is 0.310 e. The van der Waals surface area contributed by atoms with Crippen LogP contribution in [-0.4, -0.2) is 35.6 Å². The first kappa shape index (κ1) is 13.9. The largest absolute Gasteiger partial charge is 0.466 e. The number of nitrogen functional groups attached to an aromatic ring is 1. The van der Waals surface area contributed by atoms with Crippen LogP contribution < -0.4 is 10.6 Å². The Morgan fingerprint density at radius 2 is 2.42 bits per heavy atom. The van der Waals surface area contributed by atoms with E-state index in [0.29, 0.717) is 24.1 Å². The molecule has 0 amide bonds. The third kappa shape index (κ3) is 3.47. The quantitative estimate of drug-likeness (QED) is 0.669. The van der Waals surface area contributed by atoms with E-state index in [2.05, 4.69) is 9.97 Å². The van der Waals surface area contributed by atoms with Gasteiger partial charge in [-0.25, -0.2) is 4.98 Å². The fourth-order valence-electron chi connectivity index (χ4n) is 2.22. The Morgan fingerprint density at radius 1 is 1.63 bits per heavy atom. The molecule has 1 unspecified atom stereocenters. The molecule has 2 rings (SSSR count). The number of ether oxygens (including phenoxy) is 1. The lowest BCUT2D eigenvalue weighted by Gasteiger charge is -2.32. The molecule has 2 heterocycles. The van der Waals surface area contributed by atoms with Crippen LogP contribution in [0.25, 0.3) is 0 Å². The molecule has 104 valence electrons. The summed E-state index contributed by atoms with van der Waals surface area (Å²) in [7, 11) is 0. The molecular weight excluding hydrogens is 268 g/mol. The van der Waals surface area contributed by atoms with Crippen LogP contribution in [0.2, 0.25) is 5.15 Å². The highest BCUT2D eigenvalue weighted by atomic mass is 35.5. The van der Waals surface area contributed by atoms with Gasteiger partial charge in [0.15, 0.2) is 0 Å². The second-order valence-corrected chi connectivity index (χ2v) is 4.83. The zero-order chi connectivity index (χ0) is 13.8. The summed E-state index contributed by atoms with van der Waals surface area (Å²) >= 11 is 5.87. The molecule has 6 nitrogen and oxygen atoms in total. The van der Waals surface area contributed by atoms with Crippen LogP contribution in [-0.2, 0) is 9.53 Å². The van der Waals surface area contributed by atoms with Crippen molar-refractivity contribution in [2.24, 2.45) is 5.92 Å². The lowest BCUT2D eigenvalue weighted by molar-refractivity contribution is -0.148. The van der Waals surface area contributed by atoms with Gasteiger partial charge >= 0.3 is 5.97 Å². The molecule has 1 aromatic rings. The van der Waals surface area contributed by atoms with E-state index in [1.807, 2.05) is 11.8 Å². The Bertz CT molecular complexity index is 449. The van der Waals surface area contributed by atoms with Crippen LogP contribution in [0.1, 0.15) is 19.8 Å². The molecule has 0 radical (unpaired) electrons. The predicted octanol–water partition coefficient (Wildman–Crippen LogP) is 1.49. The Labute approximate surface area is 116 Å². The lowest BCUT2D eigenvalue weighted by atomic mass is 9.98. The number of aromatic nitrogens is 2. The molecule has 0 spiro atoms. The summed E-state index contributed by atoms with van der Waals surface area (Å²) in [6.45, 7) is 3.61. The minimum Gasteiger partial charge on any atom is -0.466 e. The Kier molecular flexibility index (Phi) is 4.42. The zero-order valence-corrected chi connectivity index (χ0v) is 11.6. The molecule has 0 saturated carbocycles. The van der Waals surface area contributed by atoms with Gasteiger partial charge in [0.1, 0.15) is 11.0 Å². The lowest BCUT2D eigenvalue weighted by Crippen LogP contribution is -2.40. The molecule has 1 aliphatic heterocycles. The molecule has 1 saturated heterocycles. The number of hydrogen-bond acceptors (Lipinski definition) is 6. The minimum absolute atomic E-state index is 0.122. The fraction of sp³-hybridized carbons (Fsp3) is 0.583. The summed E-state index contributed by atoms with van der Waals surface area (Å²) in [5.41, 5.74) is 5.58. The number of nitrogens with two attached hydrogens (primary N) is 1. The molecule has 1 aliphatic rings. The number of halogens is 1. The zero-order valence-electron chi connectivity index (χ0n) is 10.8.